The summed E-state index contributed by atoms with van der Waals surface area (Å²) in [6, 6.07) is 8.44. The summed E-state index contributed by atoms with van der Waals surface area (Å²) < 4.78 is 2.16. The van der Waals surface area contributed by atoms with Gasteiger partial charge in [0, 0.05) is 16.3 Å². The molecule has 0 unspecified atom stereocenters. The number of rotatable bonds is 2. The highest BCUT2D eigenvalue weighted by atomic mass is 32.2. The van der Waals surface area contributed by atoms with Crippen molar-refractivity contribution in [3.8, 4) is 5.69 Å². The molecule has 3 aromatic rings. The van der Waals surface area contributed by atoms with E-state index < -0.39 is 0 Å². The van der Waals surface area contributed by atoms with E-state index in [0.717, 1.165) is 28.0 Å². The average Bonchev–Trinajstić information content (AvgIpc) is 2.70. The molecule has 2 N–H and O–H groups in total. The third-order valence-corrected chi connectivity index (χ3v) is 4.53. The van der Waals surface area contributed by atoms with Crippen LogP contribution in [-0.4, -0.2) is 20.8 Å². The van der Waals surface area contributed by atoms with Gasteiger partial charge in [-0.25, -0.2) is 9.97 Å². The number of nitrogens with zero attached hydrogens (tertiary/aromatic N) is 3. The number of aryl methyl sites for hydroxylation is 2. The van der Waals surface area contributed by atoms with Crippen molar-refractivity contribution < 1.29 is 0 Å². The molecule has 0 aliphatic carbocycles. The summed E-state index contributed by atoms with van der Waals surface area (Å²) in [6.07, 6.45) is 2.08. The Bertz CT molecular complexity index is 836. The molecule has 0 atom stereocenters. The number of nitrogens with two attached hydrogens (primary N) is 1. The molecule has 2 aromatic heterocycles. The van der Waals surface area contributed by atoms with E-state index in [2.05, 4.69) is 58.9 Å². The molecule has 0 saturated heterocycles. The second-order valence-electron chi connectivity index (χ2n) is 5.10. The Balaban J connectivity index is 2.39. The summed E-state index contributed by atoms with van der Waals surface area (Å²) in [5.74, 6) is 1.25. The number of nitrogen functional groups attached to an aromatic ring is 1. The molecule has 0 saturated carbocycles. The van der Waals surface area contributed by atoms with Gasteiger partial charge in [0.2, 0.25) is 0 Å². The van der Waals surface area contributed by atoms with E-state index in [-0.39, 0.29) is 0 Å². The lowest BCUT2D eigenvalue weighted by molar-refractivity contribution is 0.991. The van der Waals surface area contributed by atoms with Gasteiger partial charge in [0.1, 0.15) is 11.6 Å². The van der Waals surface area contributed by atoms with Crippen LogP contribution in [0.15, 0.2) is 29.2 Å². The zero-order valence-corrected chi connectivity index (χ0v) is 13.5. The van der Waals surface area contributed by atoms with E-state index in [1.54, 1.807) is 11.8 Å². The lowest BCUT2D eigenvalue weighted by Crippen LogP contribution is -2.01. The predicted octanol–water partition coefficient (Wildman–Crippen LogP) is 3.65. The van der Waals surface area contributed by atoms with Crippen molar-refractivity contribution in [2.24, 2.45) is 0 Å². The highest BCUT2D eigenvalue weighted by Gasteiger charge is 2.17. The minimum Gasteiger partial charge on any atom is -0.383 e. The molecule has 5 heteroatoms. The van der Waals surface area contributed by atoms with Gasteiger partial charge in [-0.3, -0.25) is 4.57 Å². The van der Waals surface area contributed by atoms with Crippen LogP contribution in [0.3, 0.4) is 0 Å². The van der Waals surface area contributed by atoms with Gasteiger partial charge in [-0.2, -0.15) is 0 Å². The Morgan fingerprint density at radius 2 is 1.90 bits per heavy atom. The number of thioether (sulfide) groups is 1. The molecular weight excluding hydrogens is 280 g/mol. The number of hydrogen-bond donors (Lipinski definition) is 1. The van der Waals surface area contributed by atoms with Crippen LogP contribution in [0.2, 0.25) is 0 Å². The standard InChI is InChI=1S/C16H18N4S/c1-9-10(2)20(12-6-5-7-13(8-12)21-4)16-14(9)15(17)18-11(3)19-16/h5-8H,1-4H3,(H2,17,18,19). The number of aromatic nitrogens is 3. The summed E-state index contributed by atoms with van der Waals surface area (Å²) in [6.45, 7) is 6.04. The van der Waals surface area contributed by atoms with Crippen LogP contribution in [-0.2, 0) is 0 Å². The van der Waals surface area contributed by atoms with Crippen LogP contribution in [0, 0.1) is 20.8 Å². The van der Waals surface area contributed by atoms with Gasteiger partial charge >= 0.3 is 0 Å². The van der Waals surface area contributed by atoms with E-state index >= 15 is 0 Å². The Morgan fingerprint density at radius 3 is 2.62 bits per heavy atom. The minimum atomic E-state index is 0.554. The monoisotopic (exact) mass is 298 g/mol. The fraction of sp³-hybridized carbons (Fsp3) is 0.250. The van der Waals surface area contributed by atoms with E-state index in [9.17, 15) is 0 Å². The van der Waals surface area contributed by atoms with E-state index in [0.29, 0.717) is 11.6 Å². The van der Waals surface area contributed by atoms with Gasteiger partial charge in [0.05, 0.1) is 5.39 Å². The van der Waals surface area contributed by atoms with Gasteiger partial charge in [0.25, 0.3) is 0 Å². The van der Waals surface area contributed by atoms with E-state index in [4.69, 9.17) is 5.73 Å². The smallest absolute Gasteiger partial charge is 0.150 e. The first-order valence-electron chi connectivity index (χ1n) is 6.79. The lowest BCUT2D eigenvalue weighted by Gasteiger charge is -2.09. The molecule has 2 heterocycles. The summed E-state index contributed by atoms with van der Waals surface area (Å²) in [4.78, 5) is 10.1. The molecule has 0 radical (unpaired) electrons. The first kappa shape index (κ1) is 13.9. The van der Waals surface area contributed by atoms with Gasteiger partial charge in [-0.15, -0.1) is 11.8 Å². The molecule has 4 nitrogen and oxygen atoms in total. The van der Waals surface area contributed by atoms with Crippen molar-refractivity contribution in [3.63, 3.8) is 0 Å². The van der Waals surface area contributed by atoms with Gasteiger partial charge in [0.15, 0.2) is 5.65 Å². The zero-order valence-electron chi connectivity index (χ0n) is 12.6. The highest BCUT2D eigenvalue weighted by molar-refractivity contribution is 7.98. The molecule has 0 amide bonds. The molecule has 21 heavy (non-hydrogen) atoms. The zero-order chi connectivity index (χ0) is 15.1. The largest absolute Gasteiger partial charge is 0.383 e. The maximum absolute atomic E-state index is 6.11. The molecule has 1 aromatic carbocycles. The molecule has 0 fully saturated rings. The molecule has 0 bridgehead atoms. The maximum atomic E-state index is 6.11. The van der Waals surface area contributed by atoms with E-state index in [1.807, 2.05) is 6.92 Å². The Hall–Kier alpha value is -2.01. The molecular formula is C16H18N4S. The average molecular weight is 298 g/mol. The maximum Gasteiger partial charge on any atom is 0.150 e. The Kier molecular flexibility index (Phi) is 3.37. The third kappa shape index (κ3) is 2.17. The first-order chi connectivity index (χ1) is 10.0. The molecule has 3 rings (SSSR count). The van der Waals surface area contributed by atoms with E-state index in [1.165, 1.54) is 4.90 Å². The molecule has 108 valence electrons. The summed E-state index contributed by atoms with van der Waals surface area (Å²) >= 11 is 1.73. The summed E-state index contributed by atoms with van der Waals surface area (Å²) in [5.41, 5.74) is 10.4. The van der Waals surface area contributed by atoms with Crippen LogP contribution in [0.25, 0.3) is 16.7 Å². The fourth-order valence-corrected chi connectivity index (χ4v) is 3.13. The topological polar surface area (TPSA) is 56.7 Å². The lowest BCUT2D eigenvalue weighted by atomic mass is 10.2. The molecule has 0 aliphatic heterocycles. The van der Waals surface area contributed by atoms with Crippen LogP contribution in [0.4, 0.5) is 5.82 Å². The normalized spacial score (nSPS) is 11.2. The first-order valence-corrected chi connectivity index (χ1v) is 8.01. The predicted molar refractivity (Wildman–Crippen MR) is 89.3 cm³/mol. The molecule has 0 spiro atoms. The van der Waals surface area contributed by atoms with Crippen molar-refractivity contribution >= 4 is 28.6 Å². The Labute approximate surface area is 128 Å². The summed E-state index contributed by atoms with van der Waals surface area (Å²) in [5, 5.41) is 0.952. The fourth-order valence-electron chi connectivity index (χ4n) is 2.67. The third-order valence-electron chi connectivity index (χ3n) is 3.81. The van der Waals surface area contributed by atoms with Crippen molar-refractivity contribution in [3.05, 3.63) is 41.3 Å². The summed E-state index contributed by atoms with van der Waals surface area (Å²) in [7, 11) is 0. The second kappa shape index (κ2) is 5.07. The van der Waals surface area contributed by atoms with Crippen molar-refractivity contribution in [1.29, 1.82) is 0 Å². The Morgan fingerprint density at radius 1 is 1.14 bits per heavy atom. The highest BCUT2D eigenvalue weighted by Crippen LogP contribution is 2.31. The van der Waals surface area contributed by atoms with Crippen LogP contribution in [0.5, 0.6) is 0 Å². The van der Waals surface area contributed by atoms with Gasteiger partial charge < -0.3 is 5.73 Å². The van der Waals surface area contributed by atoms with Crippen molar-refractivity contribution in [2.45, 2.75) is 25.7 Å². The minimum absolute atomic E-state index is 0.554. The van der Waals surface area contributed by atoms with Crippen molar-refractivity contribution in [2.75, 3.05) is 12.0 Å². The van der Waals surface area contributed by atoms with Gasteiger partial charge in [-0.1, -0.05) is 6.07 Å². The second-order valence-corrected chi connectivity index (χ2v) is 5.98. The van der Waals surface area contributed by atoms with Crippen LogP contribution in [0.1, 0.15) is 17.1 Å². The molecule has 0 aliphatic rings. The van der Waals surface area contributed by atoms with Crippen molar-refractivity contribution in [1.82, 2.24) is 14.5 Å². The SMILES string of the molecule is CSc1cccc(-n2c(C)c(C)c3c(N)nc(C)nc32)c1. The number of fused-ring (bicyclic) bond motifs is 1. The van der Waals surface area contributed by atoms with Crippen LogP contribution >= 0.6 is 11.8 Å². The number of hydrogen-bond acceptors (Lipinski definition) is 4. The number of anilines is 1. The van der Waals surface area contributed by atoms with Gasteiger partial charge in [-0.05, 0) is 50.8 Å². The van der Waals surface area contributed by atoms with Crippen LogP contribution < -0.4 is 5.73 Å². The number of benzene rings is 1. The quantitative estimate of drug-likeness (QED) is 0.734.